The van der Waals surface area contributed by atoms with Gasteiger partial charge in [-0.25, -0.2) is 4.79 Å². The first-order chi connectivity index (χ1) is 17.5. The number of piperidine rings is 1. The largest absolute Gasteiger partial charge is 0.488 e. The average Bonchev–Trinajstić information content (AvgIpc) is 3.06. The molecule has 3 aromatic rings. The monoisotopic (exact) mass is 503 g/mol. The number of likely N-dealkylation sites (tertiary alicyclic amines) is 1. The predicted octanol–water partition coefficient (Wildman–Crippen LogP) is 5.82. The standard InChI is InChI=1S/C30H30ClNO4/c1-35-29(33)21-8-13-28-27(19-21)26(25-6-3-2-5-22(25)20-36-28)7-4-16-32-17-14-30(34,15-18-32)23-9-11-24(31)12-10-23/h2-3,5-13,19,34H,4,14-18,20H2,1H3/b26-7+. The molecule has 2 aliphatic heterocycles. The summed E-state index contributed by atoms with van der Waals surface area (Å²) in [6.45, 7) is 3.01. The minimum Gasteiger partial charge on any atom is -0.488 e. The van der Waals surface area contributed by atoms with Gasteiger partial charge in [-0.2, -0.15) is 0 Å². The van der Waals surface area contributed by atoms with Crippen molar-refractivity contribution in [3.63, 3.8) is 0 Å². The molecule has 186 valence electrons. The van der Waals surface area contributed by atoms with Crippen molar-refractivity contribution < 1.29 is 19.4 Å². The molecule has 0 saturated carbocycles. The van der Waals surface area contributed by atoms with Crippen LogP contribution in [0.15, 0.2) is 72.8 Å². The number of carbonyl (C=O) groups excluding carboxylic acids is 1. The lowest BCUT2D eigenvalue weighted by molar-refractivity contribution is -0.0254. The van der Waals surface area contributed by atoms with Gasteiger partial charge in [0.05, 0.1) is 18.3 Å². The molecule has 0 bridgehead atoms. The summed E-state index contributed by atoms with van der Waals surface area (Å²) in [5.41, 5.74) is 4.83. The normalized spacial score (nSPS) is 18.0. The Morgan fingerprint density at radius 1 is 1.08 bits per heavy atom. The third-order valence-electron chi connectivity index (χ3n) is 7.24. The molecule has 2 aliphatic rings. The SMILES string of the molecule is COC(=O)c1ccc2c(c1)/C(=C/CCN1CCC(O)(c3ccc(Cl)cc3)CC1)c1ccccc1CO2. The number of nitrogens with zero attached hydrogens (tertiary/aromatic N) is 1. The summed E-state index contributed by atoms with van der Waals surface area (Å²) in [6, 6.07) is 21.2. The first-order valence-electron chi connectivity index (χ1n) is 12.3. The van der Waals surface area contributed by atoms with E-state index < -0.39 is 5.60 Å². The number of benzene rings is 3. The van der Waals surface area contributed by atoms with Gasteiger partial charge in [0.1, 0.15) is 12.4 Å². The first-order valence-corrected chi connectivity index (χ1v) is 12.7. The highest BCUT2D eigenvalue weighted by atomic mass is 35.5. The van der Waals surface area contributed by atoms with Gasteiger partial charge in [0.2, 0.25) is 0 Å². The van der Waals surface area contributed by atoms with Crippen molar-refractivity contribution >= 4 is 23.1 Å². The van der Waals surface area contributed by atoms with Gasteiger partial charge in [-0.15, -0.1) is 0 Å². The maximum atomic E-state index is 12.2. The molecule has 36 heavy (non-hydrogen) atoms. The van der Waals surface area contributed by atoms with Gasteiger partial charge < -0.3 is 19.5 Å². The van der Waals surface area contributed by atoms with Crippen LogP contribution in [-0.4, -0.2) is 42.7 Å². The molecule has 1 fully saturated rings. The van der Waals surface area contributed by atoms with E-state index in [-0.39, 0.29) is 5.97 Å². The Hall–Kier alpha value is -3.12. The Kier molecular flexibility index (Phi) is 7.15. The van der Waals surface area contributed by atoms with Crippen molar-refractivity contribution in [3.05, 3.63) is 106 Å². The summed E-state index contributed by atoms with van der Waals surface area (Å²) >= 11 is 6.02. The van der Waals surface area contributed by atoms with Crippen molar-refractivity contribution in [2.75, 3.05) is 26.7 Å². The number of ether oxygens (including phenoxy) is 2. The molecule has 0 aliphatic carbocycles. The molecule has 5 nitrogen and oxygen atoms in total. The third-order valence-corrected chi connectivity index (χ3v) is 7.49. The quantitative estimate of drug-likeness (QED) is 0.444. The van der Waals surface area contributed by atoms with Crippen LogP contribution in [0.3, 0.4) is 0 Å². The van der Waals surface area contributed by atoms with E-state index in [0.717, 1.165) is 59.6 Å². The zero-order valence-electron chi connectivity index (χ0n) is 20.4. The van der Waals surface area contributed by atoms with Gasteiger partial charge in [-0.05, 0) is 71.9 Å². The number of halogens is 1. The molecule has 1 saturated heterocycles. The van der Waals surface area contributed by atoms with Crippen molar-refractivity contribution in [1.29, 1.82) is 0 Å². The van der Waals surface area contributed by atoms with Gasteiger partial charge in [-0.3, -0.25) is 0 Å². The second-order valence-electron chi connectivity index (χ2n) is 9.43. The van der Waals surface area contributed by atoms with Gasteiger partial charge in [-0.1, -0.05) is 54.1 Å². The number of esters is 1. The molecular weight excluding hydrogens is 474 g/mol. The Bertz CT molecular complexity index is 1280. The number of methoxy groups -OCH3 is 1. The molecule has 0 atom stereocenters. The van der Waals surface area contributed by atoms with Crippen LogP contribution in [0.4, 0.5) is 0 Å². The van der Waals surface area contributed by atoms with E-state index >= 15 is 0 Å². The number of hydrogen-bond acceptors (Lipinski definition) is 5. The highest BCUT2D eigenvalue weighted by Crippen LogP contribution is 2.38. The lowest BCUT2D eigenvalue weighted by atomic mass is 9.84. The van der Waals surface area contributed by atoms with Gasteiger partial charge >= 0.3 is 5.97 Å². The van der Waals surface area contributed by atoms with Crippen molar-refractivity contribution in [2.45, 2.75) is 31.5 Å². The van der Waals surface area contributed by atoms with Crippen LogP contribution >= 0.6 is 11.6 Å². The minimum atomic E-state index is -0.805. The Labute approximate surface area is 216 Å². The fourth-order valence-corrected chi connectivity index (χ4v) is 5.25. The van der Waals surface area contributed by atoms with Crippen LogP contribution in [0.25, 0.3) is 5.57 Å². The molecule has 0 radical (unpaired) electrons. The molecule has 5 rings (SSSR count). The molecule has 0 amide bonds. The lowest BCUT2D eigenvalue weighted by Crippen LogP contribution is -2.42. The molecule has 3 aromatic carbocycles. The molecule has 6 heteroatoms. The number of rotatable bonds is 5. The van der Waals surface area contributed by atoms with Crippen molar-refractivity contribution in [1.82, 2.24) is 4.90 Å². The summed E-state index contributed by atoms with van der Waals surface area (Å²) < 4.78 is 11.0. The van der Waals surface area contributed by atoms with Crippen LogP contribution in [0.2, 0.25) is 5.02 Å². The summed E-state index contributed by atoms with van der Waals surface area (Å²) in [5.74, 6) is 0.396. The van der Waals surface area contributed by atoms with E-state index in [1.807, 2.05) is 48.5 Å². The number of fused-ring (bicyclic) bond motifs is 2. The Morgan fingerprint density at radius 3 is 2.58 bits per heavy atom. The third kappa shape index (κ3) is 5.05. The van der Waals surface area contributed by atoms with E-state index in [1.165, 1.54) is 7.11 Å². The van der Waals surface area contributed by atoms with Crippen LogP contribution in [0.5, 0.6) is 5.75 Å². The Balaban J connectivity index is 1.34. The first kappa shape index (κ1) is 24.6. The predicted molar refractivity (Wildman–Crippen MR) is 141 cm³/mol. The second-order valence-corrected chi connectivity index (χ2v) is 9.87. The smallest absolute Gasteiger partial charge is 0.337 e. The van der Waals surface area contributed by atoms with Gasteiger partial charge in [0, 0.05) is 30.2 Å². The second kappa shape index (κ2) is 10.5. The molecule has 2 heterocycles. The fraction of sp³-hybridized carbons (Fsp3) is 0.300. The van der Waals surface area contributed by atoms with E-state index in [1.54, 1.807) is 6.07 Å². The van der Waals surface area contributed by atoms with Crippen LogP contribution < -0.4 is 4.74 Å². The summed E-state index contributed by atoms with van der Waals surface area (Å²) in [6.07, 6.45) is 4.46. The number of hydrogen-bond donors (Lipinski definition) is 1. The molecule has 0 spiro atoms. The van der Waals surface area contributed by atoms with Crippen LogP contribution in [0.1, 0.15) is 51.9 Å². The maximum absolute atomic E-state index is 12.2. The summed E-state index contributed by atoms with van der Waals surface area (Å²) in [7, 11) is 1.39. The topological polar surface area (TPSA) is 59.0 Å². The number of carbonyl (C=O) groups is 1. The maximum Gasteiger partial charge on any atom is 0.337 e. The van der Waals surface area contributed by atoms with E-state index in [2.05, 4.69) is 23.1 Å². The minimum absolute atomic E-state index is 0.365. The molecular formula is C30H30ClNO4. The van der Waals surface area contributed by atoms with Gasteiger partial charge in [0.15, 0.2) is 0 Å². The molecule has 0 unspecified atom stereocenters. The van der Waals surface area contributed by atoms with Crippen molar-refractivity contribution in [3.8, 4) is 5.75 Å². The molecule has 1 N–H and O–H groups in total. The lowest BCUT2D eigenvalue weighted by Gasteiger charge is -2.38. The van der Waals surface area contributed by atoms with Crippen LogP contribution in [-0.2, 0) is 16.9 Å². The van der Waals surface area contributed by atoms with E-state index in [4.69, 9.17) is 21.1 Å². The highest BCUT2D eigenvalue weighted by Gasteiger charge is 2.33. The fourth-order valence-electron chi connectivity index (χ4n) is 5.13. The van der Waals surface area contributed by atoms with Gasteiger partial charge in [0.25, 0.3) is 0 Å². The Morgan fingerprint density at radius 2 is 1.83 bits per heavy atom. The zero-order chi connectivity index (χ0) is 25.1. The molecule has 0 aromatic heterocycles. The van der Waals surface area contributed by atoms with Crippen LogP contribution in [0, 0.1) is 0 Å². The zero-order valence-corrected chi connectivity index (χ0v) is 21.1. The number of aliphatic hydroxyl groups is 1. The summed E-state index contributed by atoms with van der Waals surface area (Å²) in [5, 5.41) is 11.9. The van der Waals surface area contributed by atoms with Crippen molar-refractivity contribution in [2.24, 2.45) is 0 Å². The van der Waals surface area contributed by atoms with E-state index in [0.29, 0.717) is 30.0 Å². The highest BCUT2D eigenvalue weighted by molar-refractivity contribution is 6.30. The van der Waals surface area contributed by atoms with E-state index in [9.17, 15) is 9.90 Å². The average molecular weight is 504 g/mol. The summed E-state index contributed by atoms with van der Waals surface area (Å²) in [4.78, 5) is 14.6.